The van der Waals surface area contributed by atoms with Gasteiger partial charge in [-0.3, -0.25) is 9.79 Å². The zero-order valence-corrected chi connectivity index (χ0v) is 7.87. The van der Waals surface area contributed by atoms with Crippen molar-refractivity contribution in [3.8, 4) is 0 Å². The van der Waals surface area contributed by atoms with E-state index in [1.807, 2.05) is 12.3 Å². The molecule has 1 heterocycles. The minimum atomic E-state index is 0.0622. The maximum atomic E-state index is 11.0. The first-order valence-corrected chi connectivity index (χ1v) is 4.36. The number of ketones is 1. The van der Waals surface area contributed by atoms with Crippen LogP contribution in [0.15, 0.2) is 16.8 Å². The Morgan fingerprint density at radius 1 is 1.58 bits per heavy atom. The van der Waals surface area contributed by atoms with Gasteiger partial charge < -0.3 is 0 Å². The highest BCUT2D eigenvalue weighted by molar-refractivity contribution is 5.94. The summed E-state index contributed by atoms with van der Waals surface area (Å²) in [5.74, 6) is 1.10. The van der Waals surface area contributed by atoms with Crippen molar-refractivity contribution in [1.29, 1.82) is 0 Å². The third kappa shape index (κ3) is 2.03. The molecule has 2 unspecified atom stereocenters. The average Bonchev–Trinajstić information content (AvgIpc) is 2.15. The van der Waals surface area contributed by atoms with Gasteiger partial charge >= 0.3 is 0 Å². The fraction of sp³-hybridized carbons (Fsp3) is 0.600. The molecular formula is C10H15NO. The summed E-state index contributed by atoms with van der Waals surface area (Å²) in [4.78, 5) is 15.1. The lowest BCUT2D eigenvalue weighted by molar-refractivity contribution is -0.113. The van der Waals surface area contributed by atoms with Crippen LogP contribution in [0.2, 0.25) is 0 Å². The van der Waals surface area contributed by atoms with Crippen molar-refractivity contribution in [2.75, 3.05) is 0 Å². The van der Waals surface area contributed by atoms with E-state index in [1.165, 1.54) is 0 Å². The van der Waals surface area contributed by atoms with Gasteiger partial charge in [0.15, 0.2) is 5.78 Å². The molecule has 0 aromatic heterocycles. The molecule has 0 aromatic carbocycles. The van der Waals surface area contributed by atoms with Crippen LogP contribution in [-0.2, 0) is 4.79 Å². The van der Waals surface area contributed by atoms with Crippen molar-refractivity contribution in [3.63, 3.8) is 0 Å². The summed E-state index contributed by atoms with van der Waals surface area (Å²) in [5.41, 5.74) is 0.617. The molecule has 0 fully saturated rings. The highest BCUT2D eigenvalue weighted by atomic mass is 16.1. The van der Waals surface area contributed by atoms with Crippen molar-refractivity contribution < 1.29 is 4.79 Å². The fourth-order valence-electron chi connectivity index (χ4n) is 1.20. The second-order valence-electron chi connectivity index (χ2n) is 3.49. The van der Waals surface area contributed by atoms with Crippen LogP contribution < -0.4 is 0 Å². The molecule has 0 N–H and O–H groups in total. The number of hydrogen-bond donors (Lipinski definition) is 0. The summed E-state index contributed by atoms with van der Waals surface area (Å²) < 4.78 is 0. The Bertz CT molecular complexity index is 240. The van der Waals surface area contributed by atoms with E-state index in [9.17, 15) is 4.79 Å². The van der Waals surface area contributed by atoms with E-state index >= 15 is 0 Å². The van der Waals surface area contributed by atoms with Crippen molar-refractivity contribution in [2.45, 2.75) is 27.2 Å². The maximum absolute atomic E-state index is 11.0. The predicted octanol–water partition coefficient (Wildman–Crippen LogP) is 2.21. The van der Waals surface area contributed by atoms with Gasteiger partial charge in [0.05, 0.1) is 0 Å². The van der Waals surface area contributed by atoms with Gasteiger partial charge in [0.2, 0.25) is 0 Å². The third-order valence-corrected chi connectivity index (χ3v) is 2.39. The molecule has 0 aliphatic carbocycles. The van der Waals surface area contributed by atoms with E-state index in [0.29, 0.717) is 17.5 Å². The van der Waals surface area contributed by atoms with Crippen LogP contribution in [-0.4, -0.2) is 12.0 Å². The van der Waals surface area contributed by atoms with Gasteiger partial charge in [-0.25, -0.2) is 0 Å². The zero-order chi connectivity index (χ0) is 9.14. The molecule has 0 aromatic rings. The Kier molecular flexibility index (Phi) is 2.79. The van der Waals surface area contributed by atoms with Gasteiger partial charge in [0.25, 0.3) is 0 Å². The first kappa shape index (κ1) is 9.17. The summed E-state index contributed by atoms with van der Waals surface area (Å²) in [5, 5.41) is 0. The fourth-order valence-corrected chi connectivity index (χ4v) is 1.20. The summed E-state index contributed by atoms with van der Waals surface area (Å²) in [6.45, 7) is 5.87. The van der Waals surface area contributed by atoms with Gasteiger partial charge in [-0.05, 0) is 18.3 Å². The lowest BCUT2D eigenvalue weighted by Crippen LogP contribution is -2.04. The minimum Gasteiger partial charge on any atom is -0.293 e. The zero-order valence-electron chi connectivity index (χ0n) is 7.87. The molecule has 2 heteroatoms. The first-order valence-electron chi connectivity index (χ1n) is 4.36. The quantitative estimate of drug-likeness (QED) is 0.585. The topological polar surface area (TPSA) is 29.4 Å². The molecule has 2 nitrogen and oxygen atoms in total. The van der Waals surface area contributed by atoms with Gasteiger partial charge in [0.1, 0.15) is 5.70 Å². The van der Waals surface area contributed by atoms with Crippen molar-refractivity contribution in [3.05, 3.63) is 11.8 Å². The lowest BCUT2D eigenvalue weighted by Gasteiger charge is -2.11. The Morgan fingerprint density at radius 2 is 2.25 bits per heavy atom. The highest BCUT2D eigenvalue weighted by Gasteiger charge is 2.14. The Morgan fingerprint density at radius 3 is 2.83 bits per heavy atom. The second-order valence-corrected chi connectivity index (χ2v) is 3.49. The number of Topliss-reactive ketones (excluding diaryl/α,β-unsaturated/α-hetero) is 1. The minimum absolute atomic E-state index is 0.0622. The Hall–Kier alpha value is -0.920. The van der Waals surface area contributed by atoms with E-state index in [4.69, 9.17) is 0 Å². The number of rotatable bonds is 1. The summed E-state index contributed by atoms with van der Waals surface area (Å²) >= 11 is 0. The Labute approximate surface area is 73.4 Å². The van der Waals surface area contributed by atoms with E-state index in [-0.39, 0.29) is 5.78 Å². The van der Waals surface area contributed by atoms with Crippen LogP contribution in [0, 0.1) is 11.8 Å². The van der Waals surface area contributed by atoms with Crippen molar-refractivity contribution in [2.24, 2.45) is 16.8 Å². The molecular weight excluding hydrogens is 150 g/mol. The number of carbonyl (C=O) groups excluding carboxylic acids is 1. The van der Waals surface area contributed by atoms with Crippen LogP contribution in [0.3, 0.4) is 0 Å². The summed E-state index contributed by atoms with van der Waals surface area (Å²) in [6.07, 6.45) is 4.78. The average molecular weight is 165 g/mol. The van der Waals surface area contributed by atoms with Gasteiger partial charge in [0, 0.05) is 13.1 Å². The third-order valence-electron chi connectivity index (χ3n) is 2.39. The van der Waals surface area contributed by atoms with E-state index in [0.717, 1.165) is 6.42 Å². The van der Waals surface area contributed by atoms with E-state index < -0.39 is 0 Å². The van der Waals surface area contributed by atoms with Gasteiger partial charge in [-0.15, -0.1) is 0 Å². The molecule has 12 heavy (non-hydrogen) atoms. The first-order chi connectivity index (χ1) is 5.61. The van der Waals surface area contributed by atoms with E-state index in [1.54, 1.807) is 6.92 Å². The molecule has 1 aliphatic rings. The molecule has 0 saturated heterocycles. The SMILES string of the molecule is CC(=O)C1=CC(C)C(C)CC=N1. The normalized spacial score (nSPS) is 29.4. The molecule has 1 rings (SSSR count). The molecule has 0 amide bonds. The van der Waals surface area contributed by atoms with Crippen molar-refractivity contribution in [1.82, 2.24) is 0 Å². The molecule has 0 saturated carbocycles. The summed E-state index contributed by atoms with van der Waals surface area (Å²) in [6, 6.07) is 0. The van der Waals surface area contributed by atoms with Crippen molar-refractivity contribution >= 4 is 12.0 Å². The number of allylic oxidation sites excluding steroid dienone is 2. The van der Waals surface area contributed by atoms with Crippen LogP contribution >= 0.6 is 0 Å². The molecule has 1 aliphatic heterocycles. The second kappa shape index (κ2) is 3.65. The highest BCUT2D eigenvalue weighted by Crippen LogP contribution is 2.20. The van der Waals surface area contributed by atoms with Crippen LogP contribution in [0.5, 0.6) is 0 Å². The molecule has 0 radical (unpaired) electrons. The predicted molar refractivity (Wildman–Crippen MR) is 50.2 cm³/mol. The van der Waals surface area contributed by atoms with Crippen LogP contribution in [0.4, 0.5) is 0 Å². The van der Waals surface area contributed by atoms with Gasteiger partial charge in [-0.2, -0.15) is 0 Å². The Balaban J connectivity index is 2.85. The van der Waals surface area contributed by atoms with E-state index in [2.05, 4.69) is 18.8 Å². The molecule has 66 valence electrons. The molecule has 0 spiro atoms. The maximum Gasteiger partial charge on any atom is 0.177 e. The standard InChI is InChI=1S/C10H15NO/c1-7-4-5-11-10(9(3)12)6-8(7)2/h5-8H,4H2,1-3H3. The molecule has 2 atom stereocenters. The number of aliphatic imine (C=N–C) groups is 1. The monoisotopic (exact) mass is 165 g/mol. The van der Waals surface area contributed by atoms with Crippen LogP contribution in [0.1, 0.15) is 27.2 Å². The molecule has 0 bridgehead atoms. The number of nitrogens with zero attached hydrogens (tertiary/aromatic N) is 1. The smallest absolute Gasteiger partial charge is 0.177 e. The number of carbonyl (C=O) groups is 1. The number of hydrogen-bond acceptors (Lipinski definition) is 2. The lowest BCUT2D eigenvalue weighted by atomic mass is 9.93. The largest absolute Gasteiger partial charge is 0.293 e. The summed E-state index contributed by atoms with van der Waals surface area (Å²) in [7, 11) is 0. The van der Waals surface area contributed by atoms with Crippen LogP contribution in [0.25, 0.3) is 0 Å². The van der Waals surface area contributed by atoms with Gasteiger partial charge in [-0.1, -0.05) is 19.9 Å².